The highest BCUT2D eigenvalue weighted by molar-refractivity contribution is 5.85. The standard InChI is InChI=1S/C7H11NO2.ClH/c9-7(10)4-3-6-2-1-5-8-6;/h3-4,6,8H,1-2,5H2,(H,9,10);1H/b4-3+;. The van der Waals surface area contributed by atoms with Gasteiger partial charge in [0.15, 0.2) is 0 Å². The SMILES string of the molecule is Cl.O=C(O)/C=C/C1CCCN1. The summed E-state index contributed by atoms with van der Waals surface area (Å²) in [7, 11) is 0. The Balaban J connectivity index is 0.000001000. The van der Waals surface area contributed by atoms with Crippen LogP contribution in [-0.2, 0) is 4.79 Å². The minimum Gasteiger partial charge on any atom is -0.478 e. The van der Waals surface area contributed by atoms with Gasteiger partial charge < -0.3 is 10.4 Å². The summed E-state index contributed by atoms with van der Waals surface area (Å²) < 4.78 is 0. The number of nitrogens with one attached hydrogen (secondary N) is 1. The summed E-state index contributed by atoms with van der Waals surface area (Å²) >= 11 is 0. The van der Waals surface area contributed by atoms with E-state index in [1.807, 2.05) is 0 Å². The molecule has 0 saturated carbocycles. The van der Waals surface area contributed by atoms with E-state index in [0.29, 0.717) is 0 Å². The van der Waals surface area contributed by atoms with Crippen LogP contribution in [-0.4, -0.2) is 23.7 Å². The first-order valence-corrected chi connectivity index (χ1v) is 3.43. The van der Waals surface area contributed by atoms with Gasteiger partial charge in [0, 0.05) is 12.1 Å². The van der Waals surface area contributed by atoms with Crippen LogP contribution in [0.4, 0.5) is 0 Å². The van der Waals surface area contributed by atoms with Crippen LogP contribution < -0.4 is 5.32 Å². The summed E-state index contributed by atoms with van der Waals surface area (Å²) in [5, 5.41) is 11.4. The molecule has 1 unspecified atom stereocenters. The highest BCUT2D eigenvalue weighted by Gasteiger charge is 2.09. The highest BCUT2D eigenvalue weighted by Crippen LogP contribution is 2.05. The number of rotatable bonds is 2. The smallest absolute Gasteiger partial charge is 0.328 e. The minimum atomic E-state index is -0.867. The van der Waals surface area contributed by atoms with Crippen molar-refractivity contribution in [3.63, 3.8) is 0 Å². The average Bonchev–Trinajstić information content (AvgIpc) is 2.34. The Labute approximate surface area is 71.9 Å². The topological polar surface area (TPSA) is 49.3 Å². The predicted octanol–water partition coefficient (Wildman–Crippen LogP) is 0.801. The van der Waals surface area contributed by atoms with Crippen LogP contribution in [0.2, 0.25) is 0 Å². The Kier molecular flexibility index (Phi) is 4.90. The van der Waals surface area contributed by atoms with Crippen molar-refractivity contribution in [3.05, 3.63) is 12.2 Å². The maximum absolute atomic E-state index is 10.0. The van der Waals surface area contributed by atoms with Crippen LogP contribution in [0.5, 0.6) is 0 Å². The molecule has 0 aliphatic carbocycles. The van der Waals surface area contributed by atoms with Crippen LogP contribution in [0.15, 0.2) is 12.2 Å². The van der Waals surface area contributed by atoms with Gasteiger partial charge in [-0.2, -0.15) is 0 Å². The lowest BCUT2D eigenvalue weighted by Crippen LogP contribution is -2.18. The number of carboxylic acids is 1. The molecule has 1 rings (SSSR count). The van der Waals surface area contributed by atoms with Gasteiger partial charge in [-0.1, -0.05) is 6.08 Å². The molecule has 1 heterocycles. The normalized spacial score (nSPS) is 23.5. The van der Waals surface area contributed by atoms with E-state index in [9.17, 15) is 4.79 Å². The molecular formula is C7H12ClNO2. The van der Waals surface area contributed by atoms with Gasteiger partial charge in [-0.15, -0.1) is 12.4 Å². The summed E-state index contributed by atoms with van der Waals surface area (Å²) in [4.78, 5) is 10.0. The molecular weight excluding hydrogens is 166 g/mol. The summed E-state index contributed by atoms with van der Waals surface area (Å²) in [6, 6.07) is 0.288. The lowest BCUT2D eigenvalue weighted by atomic mass is 10.2. The Morgan fingerprint density at radius 2 is 2.36 bits per heavy atom. The van der Waals surface area contributed by atoms with Crippen LogP contribution in [0, 0.1) is 0 Å². The Morgan fingerprint density at radius 3 is 2.82 bits per heavy atom. The quantitative estimate of drug-likeness (QED) is 0.614. The zero-order valence-electron chi connectivity index (χ0n) is 6.12. The van der Waals surface area contributed by atoms with Gasteiger partial charge in [0.25, 0.3) is 0 Å². The van der Waals surface area contributed by atoms with Crippen molar-refractivity contribution >= 4 is 18.4 Å². The van der Waals surface area contributed by atoms with Crippen molar-refractivity contribution in [1.82, 2.24) is 5.32 Å². The number of carbonyl (C=O) groups is 1. The largest absolute Gasteiger partial charge is 0.478 e. The molecule has 2 N–H and O–H groups in total. The van der Waals surface area contributed by atoms with Gasteiger partial charge in [0.05, 0.1) is 0 Å². The Morgan fingerprint density at radius 1 is 1.64 bits per heavy atom. The molecule has 3 nitrogen and oxygen atoms in total. The van der Waals surface area contributed by atoms with Crippen molar-refractivity contribution in [2.45, 2.75) is 18.9 Å². The van der Waals surface area contributed by atoms with E-state index < -0.39 is 5.97 Å². The van der Waals surface area contributed by atoms with Crippen LogP contribution in [0.1, 0.15) is 12.8 Å². The van der Waals surface area contributed by atoms with Gasteiger partial charge in [0.2, 0.25) is 0 Å². The van der Waals surface area contributed by atoms with E-state index in [1.165, 1.54) is 6.08 Å². The second-order valence-corrected chi connectivity index (χ2v) is 2.40. The molecule has 0 radical (unpaired) electrons. The van der Waals surface area contributed by atoms with Crippen molar-refractivity contribution in [1.29, 1.82) is 0 Å². The summed E-state index contributed by atoms with van der Waals surface area (Å²) in [5.74, 6) is -0.867. The van der Waals surface area contributed by atoms with Crippen LogP contribution in [0.25, 0.3) is 0 Å². The molecule has 0 aromatic rings. The van der Waals surface area contributed by atoms with Crippen molar-refractivity contribution in [2.75, 3.05) is 6.54 Å². The average molecular weight is 178 g/mol. The fraction of sp³-hybridized carbons (Fsp3) is 0.571. The van der Waals surface area contributed by atoms with Gasteiger partial charge in [-0.3, -0.25) is 0 Å². The Hall–Kier alpha value is -0.540. The molecule has 0 aromatic carbocycles. The van der Waals surface area contributed by atoms with E-state index in [0.717, 1.165) is 19.4 Å². The number of carboxylic acid groups (broad SMARTS) is 1. The molecule has 1 saturated heterocycles. The third-order valence-corrected chi connectivity index (χ3v) is 1.57. The lowest BCUT2D eigenvalue weighted by Gasteiger charge is -1.99. The van der Waals surface area contributed by atoms with Crippen LogP contribution >= 0.6 is 12.4 Å². The third-order valence-electron chi connectivity index (χ3n) is 1.57. The predicted molar refractivity (Wildman–Crippen MR) is 45.0 cm³/mol. The van der Waals surface area contributed by atoms with Gasteiger partial charge in [0.1, 0.15) is 0 Å². The fourth-order valence-corrected chi connectivity index (χ4v) is 1.07. The van der Waals surface area contributed by atoms with Crippen molar-refractivity contribution < 1.29 is 9.90 Å². The molecule has 0 bridgehead atoms. The van der Waals surface area contributed by atoms with E-state index in [4.69, 9.17) is 5.11 Å². The summed E-state index contributed by atoms with van der Waals surface area (Å²) in [6.07, 6.45) is 5.11. The monoisotopic (exact) mass is 177 g/mol. The van der Waals surface area contributed by atoms with Crippen molar-refractivity contribution in [2.24, 2.45) is 0 Å². The van der Waals surface area contributed by atoms with Gasteiger partial charge in [-0.25, -0.2) is 4.79 Å². The number of halogens is 1. The molecule has 1 atom stereocenters. The molecule has 4 heteroatoms. The second kappa shape index (κ2) is 5.16. The third kappa shape index (κ3) is 4.01. The summed E-state index contributed by atoms with van der Waals surface area (Å²) in [6.45, 7) is 1.01. The molecule has 64 valence electrons. The van der Waals surface area contributed by atoms with Gasteiger partial charge in [-0.05, 0) is 19.4 Å². The molecule has 0 spiro atoms. The van der Waals surface area contributed by atoms with E-state index in [-0.39, 0.29) is 18.4 Å². The molecule has 11 heavy (non-hydrogen) atoms. The first-order valence-electron chi connectivity index (χ1n) is 3.43. The van der Waals surface area contributed by atoms with Crippen molar-refractivity contribution in [3.8, 4) is 0 Å². The van der Waals surface area contributed by atoms with Gasteiger partial charge >= 0.3 is 5.97 Å². The van der Waals surface area contributed by atoms with E-state index >= 15 is 0 Å². The molecule has 1 aliphatic heterocycles. The molecule has 0 aromatic heterocycles. The molecule has 1 aliphatic rings. The van der Waals surface area contributed by atoms with E-state index in [2.05, 4.69) is 5.32 Å². The fourth-order valence-electron chi connectivity index (χ4n) is 1.07. The van der Waals surface area contributed by atoms with E-state index in [1.54, 1.807) is 6.08 Å². The number of hydrogen-bond donors (Lipinski definition) is 2. The minimum absolute atomic E-state index is 0. The molecule has 0 amide bonds. The second-order valence-electron chi connectivity index (χ2n) is 2.40. The Bertz CT molecular complexity index is 153. The molecule has 1 fully saturated rings. The zero-order chi connectivity index (χ0) is 7.40. The number of aliphatic carboxylic acids is 1. The first-order chi connectivity index (χ1) is 4.79. The number of hydrogen-bond acceptors (Lipinski definition) is 2. The van der Waals surface area contributed by atoms with Crippen LogP contribution in [0.3, 0.4) is 0 Å². The lowest BCUT2D eigenvalue weighted by molar-refractivity contribution is -0.131. The first kappa shape index (κ1) is 10.5. The summed E-state index contributed by atoms with van der Waals surface area (Å²) in [5.41, 5.74) is 0. The zero-order valence-corrected chi connectivity index (χ0v) is 6.93. The maximum Gasteiger partial charge on any atom is 0.328 e. The maximum atomic E-state index is 10.0. The highest BCUT2D eigenvalue weighted by atomic mass is 35.5.